The van der Waals surface area contributed by atoms with Crippen LogP contribution in [0.1, 0.15) is 24.5 Å². The Kier molecular flexibility index (Phi) is 5.82. The summed E-state index contributed by atoms with van der Waals surface area (Å²) in [6.07, 6.45) is -4.32. The number of carbonyl (C=O) groups is 2. The Morgan fingerprint density at radius 1 is 1.25 bits per heavy atom. The summed E-state index contributed by atoms with van der Waals surface area (Å²) in [5, 5.41) is 2.30. The van der Waals surface area contributed by atoms with Crippen LogP contribution in [0.25, 0.3) is 0 Å². The standard InChI is InChI=1S/C8H12F3NO2.C8H6O2/c1-14-7(13)5-2-3-6(12-4-5)8(9,10)11;9-8-7(10-8)6-4-2-1-3-5-6/h5-6,12H,2-4H2,1H3;1-5,7H. The number of hydrogen-bond acceptors (Lipinski definition) is 5. The van der Waals surface area contributed by atoms with Crippen LogP contribution in [-0.4, -0.2) is 37.8 Å². The third-order valence-electron chi connectivity index (χ3n) is 3.84. The van der Waals surface area contributed by atoms with Gasteiger partial charge in [-0.25, -0.2) is 4.79 Å². The summed E-state index contributed by atoms with van der Waals surface area (Å²) < 4.78 is 45.6. The molecule has 3 rings (SSSR count). The number of methoxy groups -OCH3 is 1. The molecule has 0 aromatic heterocycles. The van der Waals surface area contributed by atoms with Gasteiger partial charge in [0.25, 0.3) is 0 Å². The number of cyclic esters (lactones) is 1. The maximum atomic E-state index is 12.2. The normalized spacial score (nSPS) is 25.8. The van der Waals surface area contributed by atoms with Gasteiger partial charge in [0.1, 0.15) is 6.04 Å². The lowest BCUT2D eigenvalue weighted by Crippen LogP contribution is -2.49. The molecule has 0 spiro atoms. The fourth-order valence-corrected chi connectivity index (χ4v) is 2.42. The van der Waals surface area contributed by atoms with Gasteiger partial charge in [-0.15, -0.1) is 0 Å². The lowest BCUT2D eigenvalue weighted by molar-refractivity contribution is -0.167. The van der Waals surface area contributed by atoms with Gasteiger partial charge in [0.2, 0.25) is 6.10 Å². The highest BCUT2D eigenvalue weighted by Crippen LogP contribution is 2.31. The van der Waals surface area contributed by atoms with Gasteiger partial charge >= 0.3 is 18.1 Å². The topological polar surface area (TPSA) is 67.9 Å². The van der Waals surface area contributed by atoms with E-state index >= 15 is 0 Å². The SMILES string of the molecule is COC(=O)C1CCC(C(F)(F)F)NC1.O=C1OC1c1ccccc1. The van der Waals surface area contributed by atoms with E-state index in [2.05, 4.69) is 14.8 Å². The fourth-order valence-electron chi connectivity index (χ4n) is 2.42. The van der Waals surface area contributed by atoms with Gasteiger partial charge in [-0.05, 0) is 12.8 Å². The van der Waals surface area contributed by atoms with Crippen LogP contribution in [0.3, 0.4) is 0 Å². The van der Waals surface area contributed by atoms with Crippen molar-refractivity contribution in [1.29, 1.82) is 0 Å². The van der Waals surface area contributed by atoms with Crippen LogP contribution >= 0.6 is 0 Å². The maximum absolute atomic E-state index is 12.2. The first kappa shape index (κ1) is 18.3. The second kappa shape index (κ2) is 7.65. The van der Waals surface area contributed by atoms with Crippen LogP contribution in [0.4, 0.5) is 13.2 Å². The number of rotatable bonds is 2. The number of piperidine rings is 1. The third-order valence-corrected chi connectivity index (χ3v) is 3.84. The molecular formula is C16H18F3NO4. The summed E-state index contributed by atoms with van der Waals surface area (Å²) in [5.74, 6) is -1.01. The monoisotopic (exact) mass is 345 g/mol. The van der Waals surface area contributed by atoms with Gasteiger partial charge in [-0.2, -0.15) is 13.2 Å². The van der Waals surface area contributed by atoms with Crippen molar-refractivity contribution in [2.24, 2.45) is 5.92 Å². The van der Waals surface area contributed by atoms with Crippen LogP contribution in [0.15, 0.2) is 30.3 Å². The molecule has 24 heavy (non-hydrogen) atoms. The molecule has 1 aromatic carbocycles. The van der Waals surface area contributed by atoms with E-state index < -0.39 is 24.1 Å². The van der Waals surface area contributed by atoms with Gasteiger partial charge in [-0.3, -0.25) is 4.79 Å². The van der Waals surface area contributed by atoms with Gasteiger partial charge in [-0.1, -0.05) is 30.3 Å². The van der Waals surface area contributed by atoms with Crippen molar-refractivity contribution in [1.82, 2.24) is 5.32 Å². The number of nitrogens with one attached hydrogen (secondary N) is 1. The van der Waals surface area contributed by atoms with Gasteiger partial charge < -0.3 is 14.8 Å². The van der Waals surface area contributed by atoms with Crippen molar-refractivity contribution < 1.29 is 32.2 Å². The van der Waals surface area contributed by atoms with Crippen LogP contribution in [-0.2, 0) is 19.1 Å². The molecule has 2 heterocycles. The highest BCUT2D eigenvalue weighted by atomic mass is 19.4. The van der Waals surface area contributed by atoms with E-state index in [0.717, 1.165) is 5.56 Å². The van der Waals surface area contributed by atoms with Crippen molar-refractivity contribution in [2.45, 2.75) is 31.2 Å². The molecule has 0 saturated carbocycles. The molecule has 0 amide bonds. The number of ether oxygens (including phenoxy) is 2. The Hall–Kier alpha value is -2.09. The van der Waals surface area contributed by atoms with E-state index in [9.17, 15) is 22.8 Å². The number of halogens is 3. The molecule has 5 nitrogen and oxygen atoms in total. The van der Waals surface area contributed by atoms with E-state index in [4.69, 9.17) is 0 Å². The molecule has 2 aliphatic heterocycles. The largest absolute Gasteiger partial charge is 0.469 e. The Morgan fingerprint density at radius 3 is 2.29 bits per heavy atom. The average Bonchev–Trinajstić information content (AvgIpc) is 3.32. The summed E-state index contributed by atoms with van der Waals surface area (Å²) in [7, 11) is 1.23. The van der Waals surface area contributed by atoms with Gasteiger partial charge in [0, 0.05) is 12.1 Å². The first-order valence-corrected chi connectivity index (χ1v) is 7.46. The van der Waals surface area contributed by atoms with Crippen molar-refractivity contribution in [3.8, 4) is 0 Å². The van der Waals surface area contributed by atoms with Crippen molar-refractivity contribution in [3.05, 3.63) is 35.9 Å². The summed E-state index contributed by atoms with van der Waals surface area (Å²) in [6, 6.07) is 7.99. The summed E-state index contributed by atoms with van der Waals surface area (Å²) in [4.78, 5) is 21.4. The molecule has 2 saturated heterocycles. The van der Waals surface area contributed by atoms with E-state index in [0.29, 0.717) is 0 Å². The van der Waals surface area contributed by atoms with Gasteiger partial charge in [0.15, 0.2) is 0 Å². The maximum Gasteiger partial charge on any atom is 0.403 e. The molecule has 0 bridgehead atoms. The lowest BCUT2D eigenvalue weighted by Gasteiger charge is -2.29. The predicted octanol–water partition coefficient (Wildman–Crippen LogP) is 2.37. The van der Waals surface area contributed by atoms with E-state index in [1.807, 2.05) is 30.3 Å². The van der Waals surface area contributed by atoms with E-state index in [-0.39, 0.29) is 31.5 Å². The highest BCUT2D eigenvalue weighted by molar-refractivity contribution is 5.88. The Balaban J connectivity index is 0.000000182. The molecule has 0 aliphatic carbocycles. The Labute approximate surface area is 137 Å². The van der Waals surface area contributed by atoms with Crippen LogP contribution in [0, 0.1) is 5.92 Å². The number of benzene rings is 1. The van der Waals surface area contributed by atoms with Crippen LogP contribution in [0.2, 0.25) is 0 Å². The predicted molar refractivity (Wildman–Crippen MR) is 77.9 cm³/mol. The molecule has 1 aromatic rings. The second-order valence-corrected chi connectivity index (χ2v) is 5.53. The number of esters is 1. The zero-order valence-corrected chi connectivity index (χ0v) is 13.0. The molecule has 8 heteroatoms. The minimum atomic E-state index is -4.22. The van der Waals surface area contributed by atoms with E-state index in [1.54, 1.807) is 0 Å². The Bertz CT molecular complexity index is 568. The summed E-state index contributed by atoms with van der Waals surface area (Å²) >= 11 is 0. The fraction of sp³-hybridized carbons (Fsp3) is 0.500. The minimum Gasteiger partial charge on any atom is -0.469 e. The number of alkyl halides is 3. The second-order valence-electron chi connectivity index (χ2n) is 5.53. The molecule has 132 valence electrons. The molecule has 3 atom stereocenters. The zero-order chi connectivity index (χ0) is 17.7. The quantitative estimate of drug-likeness (QED) is 0.658. The Morgan fingerprint density at radius 2 is 1.88 bits per heavy atom. The van der Waals surface area contributed by atoms with Crippen LogP contribution in [0.5, 0.6) is 0 Å². The molecule has 1 N–H and O–H groups in total. The molecule has 2 fully saturated rings. The molecule has 2 aliphatic rings. The molecule has 3 unspecified atom stereocenters. The van der Waals surface area contributed by atoms with Crippen molar-refractivity contribution in [2.75, 3.05) is 13.7 Å². The first-order chi connectivity index (χ1) is 11.3. The summed E-state index contributed by atoms with van der Waals surface area (Å²) in [6.45, 7) is 0.0385. The van der Waals surface area contributed by atoms with Gasteiger partial charge in [0.05, 0.1) is 13.0 Å². The third kappa shape index (κ3) is 4.95. The minimum absolute atomic E-state index is 0.0385. The zero-order valence-electron chi connectivity index (χ0n) is 13.0. The van der Waals surface area contributed by atoms with Crippen LogP contribution < -0.4 is 5.32 Å². The molecular weight excluding hydrogens is 327 g/mol. The number of carbonyl (C=O) groups excluding carboxylic acids is 2. The smallest absolute Gasteiger partial charge is 0.403 e. The summed E-state index contributed by atoms with van der Waals surface area (Å²) in [5.41, 5.74) is 0.951. The van der Waals surface area contributed by atoms with Crippen molar-refractivity contribution in [3.63, 3.8) is 0 Å². The molecule has 0 radical (unpaired) electrons. The van der Waals surface area contributed by atoms with Crippen molar-refractivity contribution >= 4 is 11.9 Å². The lowest BCUT2D eigenvalue weighted by atomic mass is 9.94. The van der Waals surface area contributed by atoms with E-state index in [1.165, 1.54) is 7.11 Å². The average molecular weight is 345 g/mol. The number of epoxide rings is 1. The number of hydrogen-bond donors (Lipinski definition) is 1. The highest BCUT2D eigenvalue weighted by Gasteiger charge is 2.42. The first-order valence-electron chi connectivity index (χ1n) is 7.46.